The van der Waals surface area contributed by atoms with E-state index in [9.17, 15) is 19.5 Å². The largest absolute Gasteiger partial charge is 0.508 e. The standard InChI is InChI=1S/C24H32N4O4/c1-14-11-19(29)12-15(2)20(14)13-21(25)24(32)28-16(3)23(31)27-10-4-5-17-6-8-18(9-7-17)22(26)30/h6-9,11-12,16,21,29H,4-5,10,13,25H2,1-3H3,(H2,26,30)(H,27,31)(H,28,32)/t16-,21?/m1/s1. The maximum atomic E-state index is 12.4. The van der Waals surface area contributed by atoms with Crippen molar-refractivity contribution in [3.05, 3.63) is 64.2 Å². The molecule has 0 aliphatic heterocycles. The lowest BCUT2D eigenvalue weighted by Crippen LogP contribution is -2.51. The second kappa shape index (κ2) is 11.3. The normalized spacial score (nSPS) is 12.6. The molecule has 3 amide bonds. The fourth-order valence-electron chi connectivity index (χ4n) is 3.48. The first kappa shape index (κ1) is 24.9. The molecular weight excluding hydrogens is 408 g/mol. The number of aryl methyl sites for hydroxylation is 3. The number of phenolic OH excluding ortho intramolecular Hbond substituents is 1. The minimum Gasteiger partial charge on any atom is -0.508 e. The van der Waals surface area contributed by atoms with Crippen molar-refractivity contribution in [1.82, 2.24) is 10.6 Å². The van der Waals surface area contributed by atoms with Crippen LogP contribution in [0.3, 0.4) is 0 Å². The third-order valence-electron chi connectivity index (χ3n) is 5.37. The van der Waals surface area contributed by atoms with Gasteiger partial charge in [0.2, 0.25) is 17.7 Å². The Labute approximate surface area is 188 Å². The molecule has 8 nitrogen and oxygen atoms in total. The van der Waals surface area contributed by atoms with Gasteiger partial charge in [-0.05, 0) is 86.6 Å². The van der Waals surface area contributed by atoms with E-state index in [1.807, 2.05) is 26.0 Å². The van der Waals surface area contributed by atoms with Gasteiger partial charge in [-0.1, -0.05) is 12.1 Å². The number of carbonyl (C=O) groups excluding carboxylic acids is 3. The van der Waals surface area contributed by atoms with Crippen molar-refractivity contribution in [2.24, 2.45) is 11.5 Å². The Kier molecular flexibility index (Phi) is 8.78. The molecule has 0 spiro atoms. The molecule has 2 aromatic rings. The van der Waals surface area contributed by atoms with Crippen LogP contribution >= 0.6 is 0 Å². The molecule has 0 aliphatic carbocycles. The zero-order valence-electron chi connectivity index (χ0n) is 18.8. The van der Waals surface area contributed by atoms with Gasteiger partial charge in [-0.3, -0.25) is 14.4 Å². The number of nitrogens with two attached hydrogens (primary N) is 2. The molecule has 0 aromatic heterocycles. The quantitative estimate of drug-likeness (QED) is 0.353. The average Bonchev–Trinajstić information content (AvgIpc) is 2.73. The van der Waals surface area contributed by atoms with E-state index >= 15 is 0 Å². The van der Waals surface area contributed by atoms with E-state index in [0.717, 1.165) is 28.7 Å². The molecule has 2 aromatic carbocycles. The highest BCUT2D eigenvalue weighted by Crippen LogP contribution is 2.21. The number of primary amides is 1. The highest BCUT2D eigenvalue weighted by molar-refractivity contribution is 5.92. The number of phenols is 1. The molecule has 2 atom stereocenters. The number of amides is 3. The van der Waals surface area contributed by atoms with Gasteiger partial charge in [0.15, 0.2) is 0 Å². The maximum Gasteiger partial charge on any atom is 0.248 e. The summed E-state index contributed by atoms with van der Waals surface area (Å²) < 4.78 is 0. The molecule has 0 radical (unpaired) electrons. The molecule has 0 fully saturated rings. The third kappa shape index (κ3) is 7.09. The molecule has 2 rings (SSSR count). The Morgan fingerprint density at radius 1 is 1.03 bits per heavy atom. The van der Waals surface area contributed by atoms with Crippen molar-refractivity contribution >= 4 is 17.7 Å². The summed E-state index contributed by atoms with van der Waals surface area (Å²) in [6.45, 7) is 5.78. The summed E-state index contributed by atoms with van der Waals surface area (Å²) >= 11 is 0. The average molecular weight is 441 g/mol. The highest BCUT2D eigenvalue weighted by Gasteiger charge is 2.21. The van der Waals surface area contributed by atoms with Crippen molar-refractivity contribution in [2.75, 3.05) is 6.54 Å². The van der Waals surface area contributed by atoms with Crippen molar-refractivity contribution in [3.63, 3.8) is 0 Å². The molecule has 32 heavy (non-hydrogen) atoms. The lowest BCUT2D eigenvalue weighted by Gasteiger charge is -2.19. The summed E-state index contributed by atoms with van der Waals surface area (Å²) in [4.78, 5) is 35.8. The van der Waals surface area contributed by atoms with Gasteiger partial charge in [0.05, 0.1) is 6.04 Å². The number of aromatic hydroxyl groups is 1. The lowest BCUT2D eigenvalue weighted by atomic mass is 9.96. The van der Waals surface area contributed by atoms with Gasteiger partial charge in [0.25, 0.3) is 0 Å². The Hall–Kier alpha value is -3.39. The SMILES string of the molecule is Cc1cc(O)cc(C)c1CC(N)C(=O)N[C@H](C)C(=O)NCCCc1ccc(C(N)=O)cc1. The van der Waals surface area contributed by atoms with Crippen molar-refractivity contribution < 1.29 is 19.5 Å². The summed E-state index contributed by atoms with van der Waals surface area (Å²) in [6, 6.07) is 8.77. The third-order valence-corrected chi connectivity index (χ3v) is 5.37. The van der Waals surface area contributed by atoms with Crippen LogP contribution in [0.1, 0.15) is 46.0 Å². The van der Waals surface area contributed by atoms with E-state index in [4.69, 9.17) is 11.5 Å². The Morgan fingerprint density at radius 2 is 1.62 bits per heavy atom. The summed E-state index contributed by atoms with van der Waals surface area (Å²) in [5, 5.41) is 15.1. The smallest absolute Gasteiger partial charge is 0.248 e. The van der Waals surface area contributed by atoms with Crippen LogP contribution in [0.25, 0.3) is 0 Å². The van der Waals surface area contributed by atoms with Gasteiger partial charge in [-0.15, -0.1) is 0 Å². The molecule has 0 saturated carbocycles. The second-order valence-electron chi connectivity index (χ2n) is 8.05. The van der Waals surface area contributed by atoms with E-state index in [0.29, 0.717) is 24.9 Å². The van der Waals surface area contributed by atoms with E-state index < -0.39 is 23.9 Å². The van der Waals surface area contributed by atoms with Gasteiger partial charge in [-0.2, -0.15) is 0 Å². The highest BCUT2D eigenvalue weighted by atomic mass is 16.3. The lowest BCUT2D eigenvalue weighted by molar-refractivity contribution is -0.129. The van der Waals surface area contributed by atoms with Crippen LogP contribution in [0, 0.1) is 13.8 Å². The molecule has 0 aliphatic rings. The van der Waals surface area contributed by atoms with E-state index in [2.05, 4.69) is 10.6 Å². The van der Waals surface area contributed by atoms with Crippen LogP contribution in [0.15, 0.2) is 36.4 Å². The van der Waals surface area contributed by atoms with Crippen LogP contribution in [0.4, 0.5) is 0 Å². The maximum absolute atomic E-state index is 12.4. The Bertz CT molecular complexity index is 949. The number of hydrogen-bond acceptors (Lipinski definition) is 5. The molecule has 1 unspecified atom stereocenters. The molecule has 0 bridgehead atoms. The van der Waals surface area contributed by atoms with E-state index in [1.165, 1.54) is 0 Å². The van der Waals surface area contributed by atoms with Crippen molar-refractivity contribution in [1.29, 1.82) is 0 Å². The van der Waals surface area contributed by atoms with Crippen LogP contribution in [-0.4, -0.2) is 41.5 Å². The molecule has 7 N–H and O–H groups in total. The van der Waals surface area contributed by atoms with Crippen molar-refractivity contribution in [3.8, 4) is 5.75 Å². The second-order valence-corrected chi connectivity index (χ2v) is 8.05. The summed E-state index contributed by atoms with van der Waals surface area (Å²) in [5.41, 5.74) is 15.4. The fourth-order valence-corrected chi connectivity index (χ4v) is 3.48. The summed E-state index contributed by atoms with van der Waals surface area (Å²) in [7, 11) is 0. The van der Waals surface area contributed by atoms with Crippen LogP contribution in [0.2, 0.25) is 0 Å². The minimum atomic E-state index is -0.810. The molecule has 8 heteroatoms. The first-order valence-corrected chi connectivity index (χ1v) is 10.6. The van der Waals surface area contributed by atoms with Gasteiger partial charge in [0, 0.05) is 12.1 Å². The number of hydrogen-bond donors (Lipinski definition) is 5. The molecule has 172 valence electrons. The van der Waals surface area contributed by atoms with Crippen LogP contribution < -0.4 is 22.1 Å². The van der Waals surface area contributed by atoms with E-state index in [1.54, 1.807) is 31.2 Å². The van der Waals surface area contributed by atoms with Gasteiger partial charge in [0.1, 0.15) is 11.8 Å². The number of benzene rings is 2. The molecule has 0 heterocycles. The first-order chi connectivity index (χ1) is 15.1. The zero-order chi connectivity index (χ0) is 23.8. The van der Waals surface area contributed by atoms with Gasteiger partial charge in [-0.25, -0.2) is 0 Å². The first-order valence-electron chi connectivity index (χ1n) is 10.6. The summed E-state index contributed by atoms with van der Waals surface area (Å²) in [5.74, 6) is -0.983. The Morgan fingerprint density at radius 3 is 2.19 bits per heavy atom. The minimum absolute atomic E-state index is 0.176. The van der Waals surface area contributed by atoms with Crippen LogP contribution in [0.5, 0.6) is 5.75 Å². The van der Waals surface area contributed by atoms with E-state index in [-0.39, 0.29) is 11.7 Å². The predicted octanol–water partition coefficient (Wildman–Crippen LogP) is 1.23. The fraction of sp³-hybridized carbons (Fsp3) is 0.375. The predicted molar refractivity (Wildman–Crippen MR) is 123 cm³/mol. The van der Waals surface area contributed by atoms with Gasteiger partial charge >= 0.3 is 0 Å². The molecule has 0 saturated heterocycles. The summed E-state index contributed by atoms with van der Waals surface area (Å²) in [6.07, 6.45) is 1.75. The van der Waals surface area contributed by atoms with Gasteiger partial charge < -0.3 is 27.2 Å². The number of carbonyl (C=O) groups is 3. The number of nitrogens with one attached hydrogen (secondary N) is 2. The molecular formula is C24H32N4O4. The topological polar surface area (TPSA) is 148 Å². The van der Waals surface area contributed by atoms with Crippen molar-refractivity contribution in [2.45, 2.75) is 52.1 Å². The van der Waals surface area contributed by atoms with Crippen LogP contribution in [-0.2, 0) is 22.4 Å². The monoisotopic (exact) mass is 440 g/mol. The Balaban J connectivity index is 1.76. The number of rotatable bonds is 10. The zero-order valence-corrected chi connectivity index (χ0v) is 18.8.